The molecular formula is C21H25ClN2O2S. The SMILES string of the molecule is Cc1ccc(CCCNC(=O)CSCC(=O)Nc2ccc(Cl)cc2)c(C)c1. The normalized spacial score (nSPS) is 10.5. The Kier molecular flexibility index (Phi) is 8.69. The molecule has 0 aromatic heterocycles. The fraction of sp³-hybridized carbons (Fsp3) is 0.333. The van der Waals surface area contributed by atoms with Gasteiger partial charge in [-0.2, -0.15) is 0 Å². The fourth-order valence-corrected chi connectivity index (χ4v) is 3.42. The zero-order valence-electron chi connectivity index (χ0n) is 15.7. The van der Waals surface area contributed by atoms with E-state index in [1.54, 1.807) is 24.3 Å². The Morgan fingerprint density at radius 1 is 1.00 bits per heavy atom. The minimum atomic E-state index is -0.134. The first-order valence-corrected chi connectivity index (χ1v) is 10.4. The molecule has 0 aliphatic heterocycles. The van der Waals surface area contributed by atoms with Crippen molar-refractivity contribution in [2.75, 3.05) is 23.4 Å². The van der Waals surface area contributed by atoms with E-state index in [9.17, 15) is 9.59 Å². The van der Waals surface area contributed by atoms with Crippen molar-refractivity contribution in [3.63, 3.8) is 0 Å². The van der Waals surface area contributed by atoms with Crippen molar-refractivity contribution in [2.45, 2.75) is 26.7 Å². The van der Waals surface area contributed by atoms with Crippen LogP contribution in [-0.2, 0) is 16.0 Å². The Hall–Kier alpha value is -1.98. The van der Waals surface area contributed by atoms with E-state index < -0.39 is 0 Å². The number of benzene rings is 2. The highest BCUT2D eigenvalue weighted by molar-refractivity contribution is 8.00. The molecule has 0 saturated carbocycles. The van der Waals surface area contributed by atoms with Crippen LogP contribution in [-0.4, -0.2) is 29.9 Å². The number of hydrogen-bond acceptors (Lipinski definition) is 3. The fourth-order valence-electron chi connectivity index (χ4n) is 2.65. The third kappa shape index (κ3) is 8.06. The van der Waals surface area contributed by atoms with Crippen LogP contribution in [0.4, 0.5) is 5.69 Å². The first kappa shape index (κ1) is 21.3. The maximum Gasteiger partial charge on any atom is 0.234 e. The van der Waals surface area contributed by atoms with Gasteiger partial charge in [0.1, 0.15) is 0 Å². The minimum absolute atomic E-state index is 0.0417. The summed E-state index contributed by atoms with van der Waals surface area (Å²) >= 11 is 7.11. The molecule has 4 nitrogen and oxygen atoms in total. The van der Waals surface area contributed by atoms with Crippen LogP contribution < -0.4 is 10.6 Å². The van der Waals surface area contributed by atoms with Crippen LogP contribution in [0, 0.1) is 13.8 Å². The Balaban J connectivity index is 1.57. The average molecular weight is 405 g/mol. The van der Waals surface area contributed by atoms with Crippen molar-refractivity contribution < 1.29 is 9.59 Å². The summed E-state index contributed by atoms with van der Waals surface area (Å²) in [5.74, 6) is 0.334. The lowest BCUT2D eigenvalue weighted by Gasteiger charge is -2.08. The van der Waals surface area contributed by atoms with E-state index >= 15 is 0 Å². The summed E-state index contributed by atoms with van der Waals surface area (Å²) in [6.45, 7) is 4.85. The van der Waals surface area contributed by atoms with Crippen LogP contribution in [0.3, 0.4) is 0 Å². The number of anilines is 1. The van der Waals surface area contributed by atoms with E-state index in [0.717, 1.165) is 12.8 Å². The van der Waals surface area contributed by atoms with Crippen LogP contribution in [0.5, 0.6) is 0 Å². The molecule has 0 unspecified atom stereocenters. The van der Waals surface area contributed by atoms with Gasteiger partial charge >= 0.3 is 0 Å². The first-order chi connectivity index (χ1) is 12.9. The lowest BCUT2D eigenvalue weighted by Crippen LogP contribution is -2.27. The molecule has 0 aliphatic carbocycles. The number of amides is 2. The van der Waals surface area contributed by atoms with E-state index in [2.05, 4.69) is 42.7 Å². The van der Waals surface area contributed by atoms with Crippen molar-refractivity contribution in [3.05, 3.63) is 64.2 Å². The average Bonchev–Trinajstić information content (AvgIpc) is 2.62. The van der Waals surface area contributed by atoms with Gasteiger partial charge in [0.15, 0.2) is 0 Å². The molecule has 0 bridgehead atoms. The quantitative estimate of drug-likeness (QED) is 0.610. The highest BCUT2D eigenvalue weighted by atomic mass is 35.5. The van der Waals surface area contributed by atoms with Crippen molar-refractivity contribution in [1.29, 1.82) is 0 Å². The molecule has 2 aromatic rings. The Labute approximate surface area is 170 Å². The van der Waals surface area contributed by atoms with Crippen molar-refractivity contribution in [3.8, 4) is 0 Å². The highest BCUT2D eigenvalue weighted by Crippen LogP contribution is 2.14. The summed E-state index contributed by atoms with van der Waals surface area (Å²) in [6, 6.07) is 13.4. The van der Waals surface area contributed by atoms with Crippen molar-refractivity contribution in [1.82, 2.24) is 5.32 Å². The number of hydrogen-bond donors (Lipinski definition) is 2. The molecule has 144 valence electrons. The van der Waals surface area contributed by atoms with Crippen LogP contribution in [0.15, 0.2) is 42.5 Å². The number of rotatable bonds is 9. The van der Waals surface area contributed by atoms with E-state index in [4.69, 9.17) is 11.6 Å². The summed E-state index contributed by atoms with van der Waals surface area (Å²) in [7, 11) is 0. The van der Waals surface area contributed by atoms with Crippen molar-refractivity contribution >= 4 is 40.9 Å². The predicted octanol–water partition coefficient (Wildman–Crippen LogP) is 4.38. The van der Waals surface area contributed by atoms with Crippen LogP contribution in [0.2, 0.25) is 5.02 Å². The monoisotopic (exact) mass is 404 g/mol. The van der Waals surface area contributed by atoms with Gasteiger partial charge in [-0.05, 0) is 62.1 Å². The van der Waals surface area contributed by atoms with E-state index in [-0.39, 0.29) is 23.3 Å². The minimum Gasteiger partial charge on any atom is -0.355 e. The molecule has 6 heteroatoms. The Bertz CT molecular complexity index is 778. The van der Waals surface area contributed by atoms with Crippen LogP contribution in [0.1, 0.15) is 23.1 Å². The van der Waals surface area contributed by atoms with Gasteiger partial charge in [0.2, 0.25) is 11.8 Å². The molecular weight excluding hydrogens is 380 g/mol. The third-order valence-corrected chi connectivity index (χ3v) is 5.22. The van der Waals surface area contributed by atoms with Gasteiger partial charge < -0.3 is 10.6 Å². The van der Waals surface area contributed by atoms with Gasteiger partial charge in [0, 0.05) is 17.3 Å². The van der Waals surface area contributed by atoms with Gasteiger partial charge in [0.25, 0.3) is 0 Å². The summed E-state index contributed by atoms with van der Waals surface area (Å²) < 4.78 is 0. The second-order valence-electron chi connectivity index (χ2n) is 6.43. The first-order valence-electron chi connectivity index (χ1n) is 8.90. The lowest BCUT2D eigenvalue weighted by molar-refractivity contribution is -0.118. The molecule has 0 atom stereocenters. The largest absolute Gasteiger partial charge is 0.355 e. The smallest absolute Gasteiger partial charge is 0.234 e. The predicted molar refractivity (Wildman–Crippen MR) is 115 cm³/mol. The van der Waals surface area contributed by atoms with E-state index in [0.29, 0.717) is 17.3 Å². The summed E-state index contributed by atoms with van der Waals surface area (Å²) in [6.07, 6.45) is 1.85. The van der Waals surface area contributed by atoms with Gasteiger partial charge in [-0.3, -0.25) is 9.59 Å². The molecule has 0 heterocycles. The topological polar surface area (TPSA) is 58.2 Å². The summed E-state index contributed by atoms with van der Waals surface area (Å²) in [5.41, 5.74) is 4.58. The van der Waals surface area contributed by atoms with Gasteiger partial charge in [-0.15, -0.1) is 11.8 Å². The maximum absolute atomic E-state index is 11.9. The lowest BCUT2D eigenvalue weighted by atomic mass is 10.0. The number of thioether (sulfide) groups is 1. The number of carbonyl (C=O) groups is 2. The number of carbonyl (C=O) groups excluding carboxylic acids is 2. The van der Waals surface area contributed by atoms with E-state index in [1.807, 2.05) is 0 Å². The Morgan fingerprint density at radius 3 is 2.41 bits per heavy atom. The van der Waals surface area contributed by atoms with Gasteiger partial charge in [0.05, 0.1) is 11.5 Å². The van der Waals surface area contributed by atoms with Crippen LogP contribution >= 0.6 is 23.4 Å². The van der Waals surface area contributed by atoms with Crippen LogP contribution in [0.25, 0.3) is 0 Å². The second-order valence-corrected chi connectivity index (χ2v) is 7.85. The molecule has 2 aromatic carbocycles. The summed E-state index contributed by atoms with van der Waals surface area (Å²) in [4.78, 5) is 23.7. The maximum atomic E-state index is 11.9. The molecule has 0 saturated heterocycles. The van der Waals surface area contributed by atoms with E-state index in [1.165, 1.54) is 28.5 Å². The molecule has 0 aliphatic rings. The number of halogens is 1. The molecule has 2 amide bonds. The molecule has 2 rings (SSSR count). The second kappa shape index (κ2) is 11.0. The zero-order chi connectivity index (χ0) is 19.6. The number of aryl methyl sites for hydroxylation is 3. The molecule has 27 heavy (non-hydrogen) atoms. The standard InChI is InChI=1S/C21H25ClN2O2S/c1-15-5-6-17(16(2)12-15)4-3-11-23-20(25)13-27-14-21(26)24-19-9-7-18(22)8-10-19/h5-10,12H,3-4,11,13-14H2,1-2H3,(H,23,25)(H,24,26). The van der Waals surface area contributed by atoms with Gasteiger partial charge in [-0.25, -0.2) is 0 Å². The highest BCUT2D eigenvalue weighted by Gasteiger charge is 2.06. The molecule has 0 fully saturated rings. The third-order valence-electron chi connectivity index (χ3n) is 4.04. The zero-order valence-corrected chi connectivity index (χ0v) is 17.3. The summed E-state index contributed by atoms with van der Waals surface area (Å²) in [5, 5.41) is 6.30. The molecule has 2 N–H and O–H groups in total. The molecule has 0 spiro atoms. The number of nitrogens with one attached hydrogen (secondary N) is 2. The van der Waals surface area contributed by atoms with Crippen molar-refractivity contribution in [2.24, 2.45) is 0 Å². The molecule has 0 radical (unpaired) electrons. The Morgan fingerprint density at radius 2 is 1.70 bits per heavy atom. The van der Waals surface area contributed by atoms with Gasteiger partial charge in [-0.1, -0.05) is 35.4 Å².